The van der Waals surface area contributed by atoms with Crippen molar-refractivity contribution in [3.05, 3.63) is 58.9 Å². The summed E-state index contributed by atoms with van der Waals surface area (Å²) in [5.74, 6) is 0.423. The monoisotopic (exact) mass is 413 g/mol. The Bertz CT molecular complexity index is 1170. The van der Waals surface area contributed by atoms with Crippen LogP contribution in [0.1, 0.15) is 20.8 Å². The Hall–Kier alpha value is -3.75. The number of aromatic amines is 1. The third-order valence-corrected chi connectivity index (χ3v) is 3.74. The van der Waals surface area contributed by atoms with Gasteiger partial charge in [0.25, 0.3) is 11.4 Å². The summed E-state index contributed by atoms with van der Waals surface area (Å²) in [4.78, 5) is 22.2. The molecule has 4 aromatic rings. The maximum absolute atomic E-state index is 11.4. The molecule has 0 saturated carbocycles. The molecule has 0 radical (unpaired) electrons. The number of aromatic nitrogens is 2. The highest BCUT2D eigenvalue weighted by Gasteiger charge is 2.15. The highest BCUT2D eigenvalue weighted by molar-refractivity contribution is 5.81. The van der Waals surface area contributed by atoms with Crippen molar-refractivity contribution in [1.29, 1.82) is 0 Å². The van der Waals surface area contributed by atoms with Crippen LogP contribution in [-0.4, -0.2) is 35.2 Å². The van der Waals surface area contributed by atoms with Crippen molar-refractivity contribution in [2.45, 2.75) is 26.4 Å². The van der Waals surface area contributed by atoms with Crippen molar-refractivity contribution in [3.8, 4) is 5.88 Å². The zero-order valence-electron chi connectivity index (χ0n) is 16.9. The number of amides is 1. The Kier molecular flexibility index (Phi) is 6.41. The van der Waals surface area contributed by atoms with Crippen LogP contribution in [-0.2, 0) is 4.74 Å². The number of carbonyl (C=O) groups is 1. The molecular formula is C21H23N3O6. The lowest BCUT2D eigenvalue weighted by molar-refractivity contribution is 0.0519. The fourth-order valence-electron chi connectivity index (χ4n) is 2.48. The highest BCUT2D eigenvalue weighted by Crippen LogP contribution is 2.23. The van der Waals surface area contributed by atoms with E-state index in [4.69, 9.17) is 18.5 Å². The summed E-state index contributed by atoms with van der Waals surface area (Å²) in [6, 6.07) is 14.5. The van der Waals surface area contributed by atoms with Crippen LogP contribution in [0.25, 0.3) is 21.9 Å². The Morgan fingerprint density at radius 2 is 1.73 bits per heavy atom. The number of alkyl carbamates (subject to hydrolysis) is 1. The van der Waals surface area contributed by atoms with Crippen molar-refractivity contribution in [3.63, 3.8) is 0 Å². The van der Waals surface area contributed by atoms with Gasteiger partial charge in [-0.15, -0.1) is 0 Å². The molecule has 2 aromatic carbocycles. The molecule has 1 amide bonds. The first-order chi connectivity index (χ1) is 14.3. The molecule has 2 N–H and O–H groups in total. The number of nitrogens with zero attached hydrogens (tertiary/aromatic N) is 1. The number of nitrogens with one attached hydrogen (secondary N) is 2. The first kappa shape index (κ1) is 21.0. The smallest absolute Gasteiger partial charge is 0.407 e. The van der Waals surface area contributed by atoms with Crippen molar-refractivity contribution in [1.82, 2.24) is 15.6 Å². The van der Waals surface area contributed by atoms with E-state index in [2.05, 4.69) is 15.6 Å². The zero-order chi connectivity index (χ0) is 21.6. The fraction of sp³-hybridized carbons (Fsp3) is 0.286. The van der Waals surface area contributed by atoms with Gasteiger partial charge < -0.3 is 23.8 Å². The second-order valence-electron chi connectivity index (χ2n) is 7.29. The van der Waals surface area contributed by atoms with Gasteiger partial charge in [-0.25, -0.2) is 4.79 Å². The van der Waals surface area contributed by atoms with Gasteiger partial charge >= 0.3 is 6.09 Å². The summed E-state index contributed by atoms with van der Waals surface area (Å²) < 4.78 is 20.5. The molecular weight excluding hydrogens is 390 g/mol. The number of ether oxygens (including phenoxy) is 2. The van der Waals surface area contributed by atoms with Gasteiger partial charge in [0, 0.05) is 0 Å². The molecule has 0 aliphatic rings. The average Bonchev–Trinajstić information content (AvgIpc) is 3.29. The SMILES string of the molecule is CC(C)(C)OC(=O)NCCOc1noc2ccccc12.O=c1[nH]oc2ccccc12. The van der Waals surface area contributed by atoms with Crippen molar-refractivity contribution in [2.24, 2.45) is 0 Å². The molecule has 2 heterocycles. The fourth-order valence-corrected chi connectivity index (χ4v) is 2.48. The molecule has 0 aliphatic heterocycles. The minimum absolute atomic E-state index is 0.171. The van der Waals surface area contributed by atoms with Gasteiger partial charge in [0.1, 0.15) is 12.2 Å². The number of para-hydroxylation sites is 2. The zero-order valence-corrected chi connectivity index (χ0v) is 16.9. The Morgan fingerprint density at radius 3 is 2.43 bits per heavy atom. The summed E-state index contributed by atoms with van der Waals surface area (Å²) in [5, 5.41) is 10.1. The van der Waals surface area contributed by atoms with E-state index in [-0.39, 0.29) is 12.2 Å². The van der Waals surface area contributed by atoms with Crippen LogP contribution in [0, 0.1) is 0 Å². The predicted molar refractivity (Wildman–Crippen MR) is 111 cm³/mol. The van der Waals surface area contributed by atoms with E-state index in [0.29, 0.717) is 29.0 Å². The molecule has 0 unspecified atom stereocenters. The van der Waals surface area contributed by atoms with E-state index >= 15 is 0 Å². The number of fused-ring (bicyclic) bond motifs is 2. The van der Waals surface area contributed by atoms with Crippen LogP contribution in [0.15, 0.2) is 62.4 Å². The summed E-state index contributed by atoms with van der Waals surface area (Å²) in [6.07, 6.45) is -0.467. The average molecular weight is 413 g/mol. The van der Waals surface area contributed by atoms with Gasteiger partial charge in [0.05, 0.1) is 17.3 Å². The second-order valence-corrected chi connectivity index (χ2v) is 7.29. The topological polar surface area (TPSA) is 120 Å². The van der Waals surface area contributed by atoms with E-state index in [1.165, 1.54) is 0 Å². The van der Waals surface area contributed by atoms with Gasteiger partial charge in [-0.05, 0) is 50.2 Å². The number of H-pyrrole nitrogens is 1. The van der Waals surface area contributed by atoms with E-state index < -0.39 is 11.7 Å². The summed E-state index contributed by atoms with van der Waals surface area (Å²) >= 11 is 0. The number of hydrogen-bond acceptors (Lipinski definition) is 7. The van der Waals surface area contributed by atoms with Gasteiger partial charge in [-0.2, -0.15) is 5.16 Å². The Balaban J connectivity index is 0.000000212. The van der Waals surface area contributed by atoms with Gasteiger partial charge in [0.15, 0.2) is 11.2 Å². The first-order valence-electron chi connectivity index (χ1n) is 9.34. The standard InChI is InChI=1S/C14H18N2O4.C7H5NO2/c1-14(2,3)19-13(17)15-8-9-18-12-10-6-4-5-7-11(10)20-16-12;9-7-5-3-1-2-4-6(5)10-8-7/h4-7H,8-9H2,1-3H3,(H,15,17);1-4H,(H,8,9). The lowest BCUT2D eigenvalue weighted by Gasteiger charge is -2.19. The van der Waals surface area contributed by atoms with Crippen LogP contribution in [0.3, 0.4) is 0 Å². The van der Waals surface area contributed by atoms with E-state index in [9.17, 15) is 9.59 Å². The summed E-state index contributed by atoms with van der Waals surface area (Å²) in [5.41, 5.74) is 0.596. The second kappa shape index (κ2) is 9.17. The van der Waals surface area contributed by atoms with Crippen LogP contribution in [0.2, 0.25) is 0 Å². The Morgan fingerprint density at radius 1 is 1.07 bits per heavy atom. The van der Waals surface area contributed by atoms with Gasteiger partial charge in [0.2, 0.25) is 0 Å². The minimum Gasteiger partial charge on any atom is -0.473 e. The van der Waals surface area contributed by atoms with Gasteiger partial charge in [-0.1, -0.05) is 24.3 Å². The molecule has 158 valence electrons. The molecule has 0 saturated heterocycles. The Labute approximate surface area is 171 Å². The van der Waals surface area contributed by atoms with Crippen molar-refractivity contribution < 1.29 is 23.3 Å². The molecule has 30 heavy (non-hydrogen) atoms. The summed E-state index contributed by atoms with van der Waals surface area (Å²) in [7, 11) is 0. The van der Waals surface area contributed by atoms with Crippen LogP contribution in [0.4, 0.5) is 4.79 Å². The number of carbonyl (C=O) groups excluding carboxylic acids is 1. The molecule has 9 nitrogen and oxygen atoms in total. The molecule has 0 bridgehead atoms. The maximum atomic E-state index is 11.4. The molecule has 0 fully saturated rings. The van der Waals surface area contributed by atoms with E-state index in [1.54, 1.807) is 18.2 Å². The largest absolute Gasteiger partial charge is 0.473 e. The normalized spacial score (nSPS) is 11.0. The van der Waals surface area contributed by atoms with Crippen molar-refractivity contribution >= 4 is 28.0 Å². The lowest BCUT2D eigenvalue weighted by Crippen LogP contribution is -2.34. The highest BCUT2D eigenvalue weighted by atomic mass is 16.6. The lowest BCUT2D eigenvalue weighted by atomic mass is 10.2. The molecule has 0 aliphatic carbocycles. The van der Waals surface area contributed by atoms with Crippen LogP contribution in [0.5, 0.6) is 5.88 Å². The van der Waals surface area contributed by atoms with E-state index in [0.717, 1.165) is 5.39 Å². The van der Waals surface area contributed by atoms with Gasteiger partial charge in [-0.3, -0.25) is 4.79 Å². The maximum Gasteiger partial charge on any atom is 0.407 e. The molecule has 2 aromatic heterocycles. The number of benzene rings is 2. The minimum atomic E-state index is -0.507. The number of hydrogen-bond donors (Lipinski definition) is 2. The number of rotatable bonds is 4. The quantitative estimate of drug-likeness (QED) is 0.488. The van der Waals surface area contributed by atoms with Crippen LogP contribution >= 0.6 is 0 Å². The molecule has 0 atom stereocenters. The first-order valence-corrected chi connectivity index (χ1v) is 9.34. The molecule has 0 spiro atoms. The van der Waals surface area contributed by atoms with E-state index in [1.807, 2.05) is 51.1 Å². The molecule has 9 heteroatoms. The predicted octanol–water partition coefficient (Wildman–Crippen LogP) is 3.85. The molecule has 4 rings (SSSR count). The van der Waals surface area contributed by atoms with Crippen LogP contribution < -0.4 is 15.6 Å². The third-order valence-electron chi connectivity index (χ3n) is 3.74. The third kappa shape index (κ3) is 5.63. The summed E-state index contributed by atoms with van der Waals surface area (Å²) in [6.45, 7) is 6.05. The van der Waals surface area contributed by atoms with Crippen molar-refractivity contribution in [2.75, 3.05) is 13.2 Å².